The molecule has 8 heteroatoms. The van der Waals surface area contributed by atoms with Crippen molar-refractivity contribution in [1.82, 2.24) is 15.3 Å². The molecule has 3 aromatic carbocycles. The number of thiazole rings is 1. The third kappa shape index (κ3) is 6.34. The normalized spacial score (nSPS) is 11.7. The number of rotatable bonds is 8. The molecule has 0 saturated heterocycles. The predicted octanol–water partition coefficient (Wildman–Crippen LogP) is 5.39. The quantitative estimate of drug-likeness (QED) is 0.193. The number of H-pyrrole nitrogens is 1. The van der Waals surface area contributed by atoms with Crippen molar-refractivity contribution in [2.75, 3.05) is 12.3 Å². The number of para-hydroxylation sites is 1. The lowest BCUT2D eigenvalue weighted by molar-refractivity contribution is 0.0910. The van der Waals surface area contributed by atoms with Gasteiger partial charge in [-0.3, -0.25) is 4.79 Å². The first-order valence-electron chi connectivity index (χ1n) is 13.0. The van der Waals surface area contributed by atoms with Gasteiger partial charge in [-0.05, 0) is 62.2 Å². The van der Waals surface area contributed by atoms with E-state index < -0.39 is 6.04 Å². The highest BCUT2D eigenvalue weighted by Crippen LogP contribution is 2.25. The zero-order valence-electron chi connectivity index (χ0n) is 22.3. The number of aliphatic hydroxyl groups excluding tert-OH is 1. The summed E-state index contributed by atoms with van der Waals surface area (Å²) in [6.07, 6.45) is 2.28. The van der Waals surface area contributed by atoms with Crippen LogP contribution in [0.2, 0.25) is 0 Å². The van der Waals surface area contributed by atoms with E-state index in [2.05, 4.69) is 27.1 Å². The minimum absolute atomic E-state index is 0.116. The Morgan fingerprint density at radius 3 is 2.58 bits per heavy atom. The summed E-state index contributed by atoms with van der Waals surface area (Å²) in [5.74, 6) is 6.45. The molecule has 0 saturated carbocycles. The van der Waals surface area contributed by atoms with E-state index in [1.165, 1.54) is 11.3 Å². The lowest BCUT2D eigenvalue weighted by Crippen LogP contribution is -2.39. The number of nitrogens with one attached hydrogen (secondary N) is 2. The molecule has 0 aliphatic rings. The Kier molecular flexibility index (Phi) is 8.15. The average Bonchev–Trinajstić information content (AvgIpc) is 3.58. The second-order valence-corrected chi connectivity index (χ2v) is 10.6. The molecule has 0 spiro atoms. The Bertz CT molecular complexity index is 1690. The van der Waals surface area contributed by atoms with E-state index in [9.17, 15) is 9.90 Å². The first-order chi connectivity index (χ1) is 19.4. The van der Waals surface area contributed by atoms with Crippen LogP contribution in [0.5, 0.6) is 5.75 Å². The van der Waals surface area contributed by atoms with Crippen molar-refractivity contribution in [1.29, 1.82) is 0 Å². The van der Waals surface area contributed by atoms with E-state index >= 15 is 0 Å². The summed E-state index contributed by atoms with van der Waals surface area (Å²) in [6, 6.07) is 20.6. The number of amides is 1. The van der Waals surface area contributed by atoms with Crippen LogP contribution in [-0.4, -0.2) is 39.7 Å². The van der Waals surface area contributed by atoms with Crippen LogP contribution in [-0.2, 0) is 6.42 Å². The van der Waals surface area contributed by atoms with E-state index in [4.69, 9.17) is 10.5 Å². The van der Waals surface area contributed by atoms with Crippen molar-refractivity contribution < 1.29 is 14.6 Å². The number of benzene rings is 3. The number of hydrogen-bond donors (Lipinski definition) is 4. The second kappa shape index (κ2) is 12.1. The third-order valence-electron chi connectivity index (χ3n) is 6.34. The van der Waals surface area contributed by atoms with Crippen molar-refractivity contribution in [3.05, 3.63) is 101 Å². The van der Waals surface area contributed by atoms with Gasteiger partial charge in [-0.15, -0.1) is 11.3 Å². The van der Waals surface area contributed by atoms with Gasteiger partial charge in [0, 0.05) is 39.2 Å². The highest BCUT2D eigenvalue weighted by molar-refractivity contribution is 7.13. The minimum atomic E-state index is -0.472. The van der Waals surface area contributed by atoms with Gasteiger partial charge in [0.05, 0.1) is 30.0 Å². The van der Waals surface area contributed by atoms with Crippen molar-refractivity contribution in [3.8, 4) is 28.8 Å². The highest BCUT2D eigenvalue weighted by Gasteiger charge is 2.19. The maximum Gasteiger partial charge on any atom is 0.255 e. The van der Waals surface area contributed by atoms with E-state index in [1.807, 2.05) is 80.0 Å². The van der Waals surface area contributed by atoms with Crippen LogP contribution in [0.25, 0.3) is 22.2 Å². The van der Waals surface area contributed by atoms with E-state index in [-0.39, 0.29) is 18.6 Å². The molecule has 7 nitrogen and oxygen atoms in total. The van der Waals surface area contributed by atoms with Crippen LogP contribution < -0.4 is 15.8 Å². The van der Waals surface area contributed by atoms with Crippen LogP contribution >= 0.6 is 11.3 Å². The number of aromatic nitrogens is 2. The van der Waals surface area contributed by atoms with Crippen LogP contribution in [0.15, 0.2) is 78.3 Å². The fourth-order valence-corrected chi connectivity index (χ4v) is 4.99. The van der Waals surface area contributed by atoms with Crippen LogP contribution in [0.1, 0.15) is 40.9 Å². The average molecular weight is 551 g/mol. The molecule has 0 aliphatic heterocycles. The molecule has 0 fully saturated rings. The Morgan fingerprint density at radius 2 is 1.85 bits per heavy atom. The topological polar surface area (TPSA) is 113 Å². The lowest BCUT2D eigenvalue weighted by Gasteiger charge is -2.19. The molecule has 0 unspecified atom stereocenters. The van der Waals surface area contributed by atoms with Crippen LogP contribution in [0, 0.1) is 11.8 Å². The Hall–Kier alpha value is -4.58. The van der Waals surface area contributed by atoms with Gasteiger partial charge in [0.25, 0.3) is 5.91 Å². The number of fused-ring (bicyclic) bond motifs is 1. The largest absolute Gasteiger partial charge is 0.490 e. The minimum Gasteiger partial charge on any atom is -0.490 e. The van der Waals surface area contributed by atoms with Gasteiger partial charge >= 0.3 is 0 Å². The molecule has 5 N–H and O–H groups in total. The Balaban J connectivity index is 1.35. The molecule has 0 aliphatic carbocycles. The summed E-state index contributed by atoms with van der Waals surface area (Å²) in [7, 11) is 0. The van der Waals surface area contributed by atoms with Gasteiger partial charge in [-0.1, -0.05) is 42.2 Å². The van der Waals surface area contributed by atoms with Gasteiger partial charge in [0.1, 0.15) is 5.75 Å². The number of anilines is 1. The van der Waals surface area contributed by atoms with Crippen molar-refractivity contribution >= 4 is 33.3 Å². The molecule has 5 rings (SSSR count). The second-order valence-electron chi connectivity index (χ2n) is 9.69. The number of carbonyl (C=O) groups is 1. The zero-order valence-corrected chi connectivity index (χ0v) is 23.1. The Labute approximate surface area is 237 Å². The lowest BCUT2D eigenvalue weighted by atomic mass is 10.0. The molecule has 2 heterocycles. The number of nitrogen functional groups attached to an aromatic ring is 1. The number of aromatic amines is 1. The summed E-state index contributed by atoms with van der Waals surface area (Å²) in [4.78, 5) is 21.0. The molecule has 0 radical (unpaired) electrons. The van der Waals surface area contributed by atoms with Crippen LogP contribution in [0.3, 0.4) is 0 Å². The van der Waals surface area contributed by atoms with Gasteiger partial charge < -0.3 is 25.9 Å². The van der Waals surface area contributed by atoms with Gasteiger partial charge in [-0.2, -0.15) is 0 Å². The predicted molar refractivity (Wildman–Crippen MR) is 160 cm³/mol. The third-order valence-corrected chi connectivity index (χ3v) is 7.01. The molecular formula is C32H30N4O3S. The monoisotopic (exact) mass is 550 g/mol. The van der Waals surface area contributed by atoms with Crippen LogP contribution in [0.4, 0.5) is 5.13 Å². The van der Waals surface area contributed by atoms with Gasteiger partial charge in [0.2, 0.25) is 0 Å². The highest BCUT2D eigenvalue weighted by atomic mass is 32.1. The molecule has 2 aromatic heterocycles. The number of hydrogen-bond acceptors (Lipinski definition) is 6. The number of aliphatic hydroxyl groups is 1. The molecule has 202 valence electrons. The summed E-state index contributed by atoms with van der Waals surface area (Å²) < 4.78 is 5.93. The number of ether oxygens (including phenoxy) is 1. The van der Waals surface area contributed by atoms with Crippen molar-refractivity contribution in [2.45, 2.75) is 32.4 Å². The van der Waals surface area contributed by atoms with E-state index in [0.717, 1.165) is 33.3 Å². The molecule has 5 aromatic rings. The summed E-state index contributed by atoms with van der Waals surface area (Å²) in [5.41, 5.74) is 11.5. The first kappa shape index (κ1) is 27.0. The zero-order chi connectivity index (χ0) is 28.1. The molecule has 0 bridgehead atoms. The Morgan fingerprint density at radius 1 is 1.10 bits per heavy atom. The summed E-state index contributed by atoms with van der Waals surface area (Å²) in [6.45, 7) is 3.62. The van der Waals surface area contributed by atoms with Gasteiger partial charge in [-0.25, -0.2) is 4.98 Å². The molecule has 1 atom stereocenters. The first-order valence-corrected chi connectivity index (χ1v) is 13.9. The van der Waals surface area contributed by atoms with Crippen molar-refractivity contribution in [2.24, 2.45) is 0 Å². The van der Waals surface area contributed by atoms with E-state index in [1.54, 1.807) is 12.1 Å². The molecule has 1 amide bonds. The number of carbonyl (C=O) groups excluding carboxylic acids is 1. The maximum atomic E-state index is 13.4. The maximum absolute atomic E-state index is 13.4. The summed E-state index contributed by atoms with van der Waals surface area (Å²) in [5, 5.41) is 16.6. The van der Waals surface area contributed by atoms with E-state index in [0.29, 0.717) is 28.4 Å². The molecular weight excluding hydrogens is 520 g/mol. The van der Waals surface area contributed by atoms with Crippen molar-refractivity contribution in [3.63, 3.8) is 0 Å². The molecule has 40 heavy (non-hydrogen) atoms. The van der Waals surface area contributed by atoms with Gasteiger partial charge in [0.15, 0.2) is 5.13 Å². The fraction of sp³-hybridized carbons (Fsp3) is 0.188. The standard InChI is InChI=1S/C32H30N4O3S/c1-20(2)39-30-14-11-22(8-7-21-9-12-23(13-10-21)29-19-40-32(33)36-29)15-27(30)31(38)35-25(18-37)16-24-17-34-28-6-4-3-5-26(24)28/h3-6,9-15,17,19-20,25,34,37H,16,18H2,1-2H3,(H2,33,36)(H,35,38)/t25-/m1/s1. The SMILES string of the molecule is CC(C)Oc1ccc(C#Cc2ccc(-c3csc(N)n3)cc2)cc1C(=O)N[C@@H](CO)Cc1c[nH]c2ccccc12. The smallest absolute Gasteiger partial charge is 0.255 e. The number of nitrogens with zero attached hydrogens (tertiary/aromatic N) is 1. The fourth-order valence-electron chi connectivity index (χ4n) is 4.42. The number of nitrogens with two attached hydrogens (primary N) is 1. The summed E-state index contributed by atoms with van der Waals surface area (Å²) >= 11 is 1.41.